The van der Waals surface area contributed by atoms with Gasteiger partial charge in [-0.15, -0.1) is 4.91 Å². The van der Waals surface area contributed by atoms with Crippen molar-refractivity contribution in [2.24, 2.45) is 5.18 Å². The first-order valence-corrected chi connectivity index (χ1v) is 8.12. The molecule has 0 spiro atoms. The Morgan fingerprint density at radius 3 is 1.70 bits per heavy atom. The molecule has 1 aliphatic rings. The van der Waals surface area contributed by atoms with Crippen molar-refractivity contribution in [3.05, 3.63) is 28.2 Å². The molecule has 0 aliphatic heterocycles. The normalized spacial score (nSPS) is 16.8. The lowest BCUT2D eigenvalue weighted by Gasteiger charge is -2.27. The molecule has 3 nitrogen and oxygen atoms in total. The zero-order valence-corrected chi connectivity index (χ0v) is 13.8. The smallest absolute Gasteiger partial charge is 0.334 e. The van der Waals surface area contributed by atoms with Crippen molar-refractivity contribution >= 4 is 11.4 Å². The molecule has 2 rings (SSSR count). The van der Waals surface area contributed by atoms with Gasteiger partial charge in [0.1, 0.15) is 5.69 Å². The molecule has 0 bridgehead atoms. The summed E-state index contributed by atoms with van der Waals surface area (Å²) in [5, 5.41) is 4.59. The second-order valence-corrected chi connectivity index (χ2v) is 6.34. The Hall–Kier alpha value is -1.94. The van der Waals surface area contributed by atoms with E-state index >= 15 is 0 Å². The van der Waals surface area contributed by atoms with Crippen LogP contribution in [0.3, 0.4) is 0 Å². The Morgan fingerprint density at radius 2 is 1.33 bits per heavy atom. The fraction of sp³-hybridized carbons (Fsp3) is 0.625. The van der Waals surface area contributed by atoms with Crippen LogP contribution in [0.5, 0.6) is 0 Å². The number of hydrogen-bond acceptors (Lipinski definition) is 3. The number of nitrogens with zero attached hydrogens (tertiary/aromatic N) is 1. The summed E-state index contributed by atoms with van der Waals surface area (Å²) in [5.74, 6) is -10.1. The lowest BCUT2D eigenvalue weighted by Crippen LogP contribution is -2.29. The maximum Gasteiger partial charge on any atom is 0.334 e. The molecule has 1 aliphatic carbocycles. The minimum absolute atomic E-state index is 0.324. The third kappa shape index (κ3) is 4.32. The highest BCUT2D eigenvalue weighted by molar-refractivity contribution is 5.65. The van der Waals surface area contributed by atoms with Crippen LogP contribution in [-0.4, -0.2) is 18.9 Å². The number of halogens is 8. The molecular weight excluding hydrogens is 388 g/mol. The molecule has 1 aromatic carbocycles. The average molecular weight is 404 g/mol. The Morgan fingerprint density at radius 1 is 0.889 bits per heavy atom. The maximum absolute atomic E-state index is 13.8. The predicted octanol–water partition coefficient (Wildman–Crippen LogP) is 6.54. The van der Waals surface area contributed by atoms with Crippen LogP contribution in [0.25, 0.3) is 0 Å². The van der Waals surface area contributed by atoms with Gasteiger partial charge >= 0.3 is 24.7 Å². The van der Waals surface area contributed by atoms with E-state index in [1.807, 2.05) is 5.18 Å². The Bertz CT molecular complexity index is 633. The largest absolute Gasteiger partial charge is 0.382 e. The highest BCUT2D eigenvalue weighted by atomic mass is 19.3. The Labute approximate surface area is 149 Å². The topological polar surface area (TPSA) is 41.5 Å². The zero-order chi connectivity index (χ0) is 20.4. The lowest BCUT2D eigenvalue weighted by molar-refractivity contribution is -0.139. The van der Waals surface area contributed by atoms with Crippen LogP contribution in [0.4, 0.5) is 46.5 Å². The van der Waals surface area contributed by atoms with Crippen molar-refractivity contribution in [2.45, 2.75) is 62.8 Å². The third-order valence-electron chi connectivity index (χ3n) is 4.44. The van der Waals surface area contributed by atoms with Crippen LogP contribution in [0.2, 0.25) is 0 Å². The van der Waals surface area contributed by atoms with Gasteiger partial charge in [-0.05, 0) is 30.2 Å². The van der Waals surface area contributed by atoms with E-state index in [0.29, 0.717) is 25.0 Å². The van der Waals surface area contributed by atoms with E-state index in [-0.39, 0.29) is 6.04 Å². The first-order chi connectivity index (χ1) is 12.5. The molecule has 152 valence electrons. The summed E-state index contributed by atoms with van der Waals surface area (Å²) in [5.41, 5.74) is -5.91. The fourth-order valence-corrected chi connectivity index (χ4v) is 3.04. The molecule has 1 fully saturated rings. The van der Waals surface area contributed by atoms with Crippen molar-refractivity contribution in [1.29, 1.82) is 0 Å². The van der Waals surface area contributed by atoms with Gasteiger partial charge in [0.2, 0.25) is 0 Å². The van der Waals surface area contributed by atoms with Gasteiger partial charge in [-0.3, -0.25) is 0 Å². The van der Waals surface area contributed by atoms with E-state index < -0.39 is 47.2 Å². The van der Waals surface area contributed by atoms with Crippen LogP contribution < -0.4 is 5.32 Å². The Balaban J connectivity index is 2.63. The van der Waals surface area contributed by atoms with Crippen LogP contribution in [0.15, 0.2) is 17.3 Å². The van der Waals surface area contributed by atoms with Gasteiger partial charge in [0.15, 0.2) is 0 Å². The monoisotopic (exact) mass is 404 g/mol. The lowest BCUT2D eigenvalue weighted by atomic mass is 9.93. The van der Waals surface area contributed by atoms with Crippen LogP contribution in [-0.2, 0) is 11.8 Å². The quantitative estimate of drug-likeness (QED) is 0.414. The van der Waals surface area contributed by atoms with E-state index in [0.717, 1.165) is 19.3 Å². The minimum Gasteiger partial charge on any atom is -0.382 e. The summed E-state index contributed by atoms with van der Waals surface area (Å²) in [6.07, 6.45) is -5.12. The number of rotatable bonds is 7. The summed E-state index contributed by atoms with van der Waals surface area (Å²) >= 11 is 0. The summed E-state index contributed by atoms with van der Waals surface area (Å²) in [4.78, 5) is 10.9. The van der Waals surface area contributed by atoms with Crippen molar-refractivity contribution in [2.75, 3.05) is 5.32 Å². The molecular formula is C16H16F8N2O. The molecule has 27 heavy (non-hydrogen) atoms. The van der Waals surface area contributed by atoms with Crippen molar-refractivity contribution < 1.29 is 35.1 Å². The highest BCUT2D eigenvalue weighted by Gasteiger charge is 2.51. The van der Waals surface area contributed by atoms with Crippen LogP contribution in [0.1, 0.15) is 43.2 Å². The summed E-state index contributed by atoms with van der Waals surface area (Å²) in [6.45, 7) is 0. The van der Waals surface area contributed by atoms with Crippen molar-refractivity contribution in [3.63, 3.8) is 0 Å². The molecule has 0 radical (unpaired) electrons. The van der Waals surface area contributed by atoms with E-state index in [9.17, 15) is 40.0 Å². The molecule has 0 unspecified atom stereocenters. The van der Waals surface area contributed by atoms with E-state index in [2.05, 4.69) is 5.32 Å². The molecule has 1 N–H and O–H groups in total. The Kier molecular flexibility index (Phi) is 6.31. The summed E-state index contributed by atoms with van der Waals surface area (Å²) in [6, 6.07) is 0.459. The fourth-order valence-electron chi connectivity index (χ4n) is 3.04. The van der Waals surface area contributed by atoms with Gasteiger partial charge in [0.25, 0.3) is 0 Å². The number of alkyl halides is 8. The van der Waals surface area contributed by atoms with Crippen molar-refractivity contribution in [3.8, 4) is 0 Å². The van der Waals surface area contributed by atoms with Gasteiger partial charge in [-0.25, -0.2) is 17.6 Å². The molecule has 11 heteroatoms. The molecule has 1 saturated carbocycles. The maximum atomic E-state index is 13.8. The summed E-state index contributed by atoms with van der Waals surface area (Å²) in [7, 11) is 0. The summed E-state index contributed by atoms with van der Waals surface area (Å²) < 4.78 is 106. The molecule has 0 atom stereocenters. The highest BCUT2D eigenvalue weighted by Crippen LogP contribution is 2.48. The van der Waals surface area contributed by atoms with Crippen LogP contribution in [0, 0.1) is 4.91 Å². The van der Waals surface area contributed by atoms with Gasteiger partial charge < -0.3 is 5.32 Å². The number of anilines is 1. The molecule has 0 aromatic heterocycles. The zero-order valence-electron chi connectivity index (χ0n) is 13.8. The van der Waals surface area contributed by atoms with Gasteiger partial charge in [-0.2, -0.15) is 17.6 Å². The first kappa shape index (κ1) is 21.4. The van der Waals surface area contributed by atoms with Crippen LogP contribution >= 0.6 is 0 Å². The molecule has 0 heterocycles. The predicted molar refractivity (Wildman–Crippen MR) is 82.2 cm³/mol. The van der Waals surface area contributed by atoms with E-state index in [1.54, 1.807) is 0 Å². The molecule has 1 aromatic rings. The second kappa shape index (κ2) is 7.97. The van der Waals surface area contributed by atoms with E-state index in [1.165, 1.54) is 0 Å². The molecule has 0 amide bonds. The second-order valence-electron chi connectivity index (χ2n) is 6.34. The van der Waals surface area contributed by atoms with E-state index in [4.69, 9.17) is 0 Å². The standard InChI is InChI=1S/C16H16F8N2O/c17-13(18)15(21,22)10-6-9(25-8-4-2-1-3-5-8)7-11(12(10)26-27)16(23,24)14(19)20/h6-8,13-14,25H,1-5H2. The van der Waals surface area contributed by atoms with Gasteiger partial charge in [-0.1, -0.05) is 19.3 Å². The SMILES string of the molecule is O=Nc1c(C(F)(F)C(F)F)cc(NC2CCCCC2)cc1C(F)(F)C(F)F. The number of nitrogens with one attached hydrogen (secondary N) is 1. The van der Waals surface area contributed by atoms with Gasteiger partial charge in [0, 0.05) is 11.7 Å². The average Bonchev–Trinajstić information content (AvgIpc) is 2.61. The molecule has 0 saturated heterocycles. The number of hydrogen-bond donors (Lipinski definition) is 1. The third-order valence-corrected chi connectivity index (χ3v) is 4.44. The number of benzene rings is 1. The number of nitroso groups, excluding NO2 is 1. The van der Waals surface area contributed by atoms with Crippen molar-refractivity contribution in [1.82, 2.24) is 0 Å². The first-order valence-electron chi connectivity index (χ1n) is 8.12. The van der Waals surface area contributed by atoms with Gasteiger partial charge in [0.05, 0.1) is 11.1 Å². The minimum atomic E-state index is -5.03.